The average molecular weight is 344 g/mol. The van der Waals surface area contributed by atoms with Crippen molar-refractivity contribution in [1.29, 1.82) is 0 Å². The van der Waals surface area contributed by atoms with Gasteiger partial charge in [0, 0.05) is 12.8 Å². The smallest absolute Gasteiger partial charge is 0.277 e. The second kappa shape index (κ2) is 7.26. The van der Waals surface area contributed by atoms with Gasteiger partial charge in [-0.15, -0.1) is 15.3 Å². The van der Waals surface area contributed by atoms with Gasteiger partial charge in [0.1, 0.15) is 10.5 Å². The zero-order valence-electron chi connectivity index (χ0n) is 13.1. The predicted molar refractivity (Wildman–Crippen MR) is 90.9 cm³/mol. The molecule has 0 spiro atoms. The summed E-state index contributed by atoms with van der Waals surface area (Å²) >= 11 is 1.36. The van der Waals surface area contributed by atoms with Crippen molar-refractivity contribution in [2.45, 2.75) is 32.7 Å². The molecule has 0 fully saturated rings. The summed E-state index contributed by atoms with van der Waals surface area (Å²) in [4.78, 5) is 24.3. The molecule has 0 bridgehead atoms. The number of nitrogens with one attached hydrogen (secondary N) is 1. The van der Waals surface area contributed by atoms with Crippen LogP contribution in [-0.4, -0.2) is 31.1 Å². The fraction of sp³-hybridized carbons (Fsp3) is 0.333. The average Bonchev–Trinajstić information content (AvgIpc) is 3.02. The van der Waals surface area contributed by atoms with Crippen molar-refractivity contribution >= 4 is 33.3 Å². The topological polar surface area (TPSA) is 103 Å². The van der Waals surface area contributed by atoms with Crippen molar-refractivity contribution < 1.29 is 4.79 Å². The number of nitrogens with zero attached hydrogens (tertiary/aromatic N) is 5. The van der Waals surface area contributed by atoms with Crippen LogP contribution in [0, 0.1) is 0 Å². The van der Waals surface area contributed by atoms with Crippen molar-refractivity contribution in [2.24, 2.45) is 0 Å². The predicted octanol–water partition coefficient (Wildman–Crippen LogP) is 1.62. The minimum Gasteiger partial charge on any atom is -0.300 e. The Kier molecular flexibility index (Phi) is 4.90. The normalized spacial score (nSPS) is 10.9. The number of anilines is 1. The van der Waals surface area contributed by atoms with Gasteiger partial charge in [0.15, 0.2) is 0 Å². The lowest BCUT2D eigenvalue weighted by Crippen LogP contribution is -2.26. The van der Waals surface area contributed by atoms with Gasteiger partial charge < -0.3 is 5.32 Å². The van der Waals surface area contributed by atoms with Crippen molar-refractivity contribution in [2.75, 3.05) is 5.32 Å². The van der Waals surface area contributed by atoms with Crippen molar-refractivity contribution in [3.05, 3.63) is 39.6 Å². The van der Waals surface area contributed by atoms with Crippen LogP contribution >= 0.6 is 11.3 Å². The maximum atomic E-state index is 12.3. The van der Waals surface area contributed by atoms with Crippen molar-refractivity contribution in [3.8, 4) is 0 Å². The Labute approximate surface area is 141 Å². The summed E-state index contributed by atoms with van der Waals surface area (Å²) in [6.07, 6.45) is 1.93. The zero-order valence-corrected chi connectivity index (χ0v) is 13.9. The Morgan fingerprint density at radius 1 is 1.25 bits per heavy atom. The number of hydrogen-bond donors (Lipinski definition) is 1. The Balaban J connectivity index is 1.63. The monoisotopic (exact) mass is 344 g/mol. The first-order chi connectivity index (χ1) is 11.7. The van der Waals surface area contributed by atoms with Crippen LogP contribution in [0.3, 0.4) is 0 Å². The number of aromatic nitrogens is 5. The second-order valence-corrected chi connectivity index (χ2v) is 6.25. The molecule has 1 amide bonds. The lowest BCUT2D eigenvalue weighted by atomic mass is 10.2. The van der Waals surface area contributed by atoms with Crippen LogP contribution in [-0.2, 0) is 17.8 Å². The molecule has 0 unspecified atom stereocenters. The van der Waals surface area contributed by atoms with Gasteiger partial charge in [-0.1, -0.05) is 35.6 Å². The molecule has 24 heavy (non-hydrogen) atoms. The molecular formula is C15H16N6O2S. The van der Waals surface area contributed by atoms with E-state index in [1.54, 1.807) is 24.3 Å². The Hall–Kier alpha value is -2.68. The number of carbonyl (C=O) groups is 1. The summed E-state index contributed by atoms with van der Waals surface area (Å²) in [7, 11) is 0. The van der Waals surface area contributed by atoms with E-state index in [1.165, 1.54) is 16.0 Å². The van der Waals surface area contributed by atoms with Crippen LogP contribution < -0.4 is 10.9 Å². The number of hydrogen-bond acceptors (Lipinski definition) is 7. The van der Waals surface area contributed by atoms with Gasteiger partial charge >= 0.3 is 0 Å². The molecule has 2 heterocycles. The lowest BCUT2D eigenvalue weighted by Gasteiger charge is -2.04. The minimum atomic E-state index is -0.255. The third-order valence-corrected chi connectivity index (χ3v) is 4.26. The van der Waals surface area contributed by atoms with Gasteiger partial charge in [0.25, 0.3) is 5.56 Å². The Morgan fingerprint density at radius 3 is 2.92 bits per heavy atom. The number of carbonyl (C=O) groups excluding carboxylic acids is 1. The molecule has 124 valence electrons. The van der Waals surface area contributed by atoms with Crippen molar-refractivity contribution in [1.82, 2.24) is 25.2 Å². The molecule has 0 saturated heterocycles. The van der Waals surface area contributed by atoms with Gasteiger partial charge in [-0.25, -0.2) is 4.68 Å². The number of aryl methyl sites for hydroxylation is 2. The molecule has 9 heteroatoms. The van der Waals surface area contributed by atoms with Gasteiger partial charge in [0.2, 0.25) is 11.0 Å². The fourth-order valence-corrected chi connectivity index (χ4v) is 3.04. The molecule has 2 aromatic heterocycles. The van der Waals surface area contributed by atoms with E-state index >= 15 is 0 Å². The van der Waals surface area contributed by atoms with E-state index < -0.39 is 0 Å². The molecule has 0 atom stereocenters. The largest absolute Gasteiger partial charge is 0.300 e. The number of benzene rings is 1. The molecule has 8 nitrogen and oxygen atoms in total. The molecule has 1 aromatic carbocycles. The first kappa shape index (κ1) is 16.2. The molecule has 0 radical (unpaired) electrons. The second-order valence-electron chi connectivity index (χ2n) is 5.18. The summed E-state index contributed by atoms with van der Waals surface area (Å²) in [5.41, 5.74) is 0.287. The van der Waals surface area contributed by atoms with Gasteiger partial charge in [-0.2, -0.15) is 0 Å². The highest BCUT2D eigenvalue weighted by Crippen LogP contribution is 2.16. The number of rotatable bonds is 6. The highest BCUT2D eigenvalue weighted by Gasteiger charge is 2.10. The van der Waals surface area contributed by atoms with E-state index in [4.69, 9.17) is 0 Å². The van der Waals surface area contributed by atoms with E-state index in [0.717, 1.165) is 17.8 Å². The SMILES string of the molecule is CCCc1nnc(NC(=O)CCn2nnc3ccccc3c2=O)s1. The van der Waals surface area contributed by atoms with E-state index in [-0.39, 0.29) is 24.4 Å². The third kappa shape index (κ3) is 3.62. The van der Waals surface area contributed by atoms with Crippen LogP contribution in [0.4, 0.5) is 5.13 Å². The molecule has 1 N–H and O–H groups in total. The molecule has 3 aromatic rings. The highest BCUT2D eigenvalue weighted by atomic mass is 32.1. The van der Waals surface area contributed by atoms with E-state index in [1.807, 2.05) is 0 Å². The maximum absolute atomic E-state index is 12.3. The highest BCUT2D eigenvalue weighted by molar-refractivity contribution is 7.15. The standard InChI is InChI=1S/C15H16N6O2S/c1-2-5-13-18-19-15(24-13)16-12(22)8-9-21-14(23)10-6-3-4-7-11(10)17-20-21/h3-4,6-7H,2,5,8-9H2,1H3,(H,16,19,22). The summed E-state index contributed by atoms with van der Waals surface area (Å²) in [6.45, 7) is 2.21. The van der Waals surface area contributed by atoms with Crippen LogP contribution in [0.25, 0.3) is 10.9 Å². The molecule has 0 aliphatic heterocycles. The van der Waals surface area contributed by atoms with Crippen molar-refractivity contribution in [3.63, 3.8) is 0 Å². The molecule has 0 saturated carbocycles. The van der Waals surface area contributed by atoms with E-state index in [9.17, 15) is 9.59 Å². The number of amides is 1. The maximum Gasteiger partial charge on any atom is 0.277 e. The summed E-state index contributed by atoms with van der Waals surface area (Å²) < 4.78 is 1.20. The zero-order chi connectivity index (χ0) is 16.9. The molecule has 3 rings (SSSR count). The number of fused-ring (bicyclic) bond motifs is 1. The van der Waals surface area contributed by atoms with Gasteiger partial charge in [-0.05, 0) is 18.6 Å². The minimum absolute atomic E-state index is 0.107. The first-order valence-electron chi connectivity index (χ1n) is 7.62. The van der Waals surface area contributed by atoms with Gasteiger partial charge in [0.05, 0.1) is 11.9 Å². The summed E-state index contributed by atoms with van der Waals surface area (Å²) in [5.74, 6) is -0.240. The van der Waals surface area contributed by atoms with Crippen LogP contribution in [0.2, 0.25) is 0 Å². The van der Waals surface area contributed by atoms with Crippen LogP contribution in [0.15, 0.2) is 29.1 Å². The third-order valence-electron chi connectivity index (χ3n) is 3.36. The molecular weight excluding hydrogens is 328 g/mol. The van der Waals surface area contributed by atoms with E-state index in [2.05, 4.69) is 32.7 Å². The summed E-state index contributed by atoms with van der Waals surface area (Å²) in [6, 6.07) is 6.98. The first-order valence-corrected chi connectivity index (χ1v) is 8.44. The van der Waals surface area contributed by atoms with Crippen LogP contribution in [0.5, 0.6) is 0 Å². The molecule has 0 aliphatic rings. The molecule has 0 aliphatic carbocycles. The summed E-state index contributed by atoms with van der Waals surface area (Å²) in [5, 5.41) is 20.3. The Morgan fingerprint density at radius 2 is 2.08 bits per heavy atom. The quantitative estimate of drug-likeness (QED) is 0.729. The Bertz CT molecular complexity index is 919. The van der Waals surface area contributed by atoms with Crippen LogP contribution in [0.1, 0.15) is 24.8 Å². The fourth-order valence-electron chi connectivity index (χ4n) is 2.18. The van der Waals surface area contributed by atoms with E-state index in [0.29, 0.717) is 16.0 Å². The lowest BCUT2D eigenvalue weighted by molar-refractivity contribution is -0.116. The van der Waals surface area contributed by atoms with Gasteiger partial charge in [-0.3, -0.25) is 9.59 Å².